The molecule has 0 N–H and O–H groups in total. The smallest absolute Gasteiger partial charge is 0.185 e. The zero-order chi connectivity index (χ0) is 22.0. The summed E-state index contributed by atoms with van der Waals surface area (Å²) in [6.45, 7) is 2.43. The molecule has 2 aromatic heterocycles. The molecule has 0 radical (unpaired) electrons. The highest BCUT2D eigenvalue weighted by atomic mass is 35.5. The number of ketones is 1. The van der Waals surface area contributed by atoms with E-state index in [1.165, 1.54) is 13.2 Å². The Hall–Kier alpha value is -3.32. The minimum Gasteiger partial charge on any atom is -0.494 e. The monoisotopic (exact) mass is 438 g/mol. The van der Waals surface area contributed by atoms with Gasteiger partial charge in [0.15, 0.2) is 17.3 Å². The SMILES string of the molecule is COc1ccc(Cl)c(CCC(=O)c2cn(Cc3ccc4nc(C)ccc4c3)nn2)c1F. The topological polar surface area (TPSA) is 69.9 Å². The first-order valence-electron chi connectivity index (χ1n) is 9.75. The molecule has 0 aliphatic rings. The number of Topliss-reactive ketones (excluding diaryl/α,β-unsaturated/α-hetero) is 1. The second-order valence-electron chi connectivity index (χ2n) is 7.25. The minimum atomic E-state index is -0.549. The van der Waals surface area contributed by atoms with E-state index >= 15 is 0 Å². The van der Waals surface area contributed by atoms with Crippen molar-refractivity contribution in [3.8, 4) is 5.75 Å². The second kappa shape index (κ2) is 8.81. The molecule has 0 saturated carbocycles. The summed E-state index contributed by atoms with van der Waals surface area (Å²) in [5, 5.41) is 9.33. The molecule has 6 nitrogen and oxygen atoms in total. The average Bonchev–Trinajstić information content (AvgIpc) is 3.22. The van der Waals surface area contributed by atoms with Crippen molar-refractivity contribution in [2.45, 2.75) is 26.3 Å². The van der Waals surface area contributed by atoms with E-state index in [-0.39, 0.29) is 40.7 Å². The van der Waals surface area contributed by atoms with Crippen LogP contribution in [0.3, 0.4) is 0 Å². The van der Waals surface area contributed by atoms with Crippen LogP contribution in [-0.2, 0) is 13.0 Å². The highest BCUT2D eigenvalue weighted by Crippen LogP contribution is 2.28. The van der Waals surface area contributed by atoms with Crippen LogP contribution >= 0.6 is 11.6 Å². The van der Waals surface area contributed by atoms with Crippen molar-refractivity contribution in [2.75, 3.05) is 7.11 Å². The van der Waals surface area contributed by atoms with Crippen molar-refractivity contribution in [1.82, 2.24) is 20.0 Å². The van der Waals surface area contributed by atoms with Gasteiger partial charge in [0, 0.05) is 28.1 Å². The molecule has 0 bridgehead atoms. The van der Waals surface area contributed by atoms with E-state index in [9.17, 15) is 9.18 Å². The Labute approximate surface area is 183 Å². The number of hydrogen-bond acceptors (Lipinski definition) is 5. The molecule has 31 heavy (non-hydrogen) atoms. The van der Waals surface area contributed by atoms with Crippen LogP contribution in [0.15, 0.2) is 48.7 Å². The van der Waals surface area contributed by atoms with E-state index in [1.54, 1.807) is 16.9 Å². The number of carbonyl (C=O) groups is 1. The van der Waals surface area contributed by atoms with Gasteiger partial charge in [-0.25, -0.2) is 9.07 Å². The largest absolute Gasteiger partial charge is 0.494 e. The molecule has 2 aromatic carbocycles. The molecule has 0 aliphatic carbocycles. The Balaban J connectivity index is 1.44. The molecular weight excluding hydrogens is 419 g/mol. The fourth-order valence-electron chi connectivity index (χ4n) is 3.40. The van der Waals surface area contributed by atoms with E-state index in [0.717, 1.165) is 22.2 Å². The second-order valence-corrected chi connectivity index (χ2v) is 7.65. The van der Waals surface area contributed by atoms with Gasteiger partial charge in [0.1, 0.15) is 5.69 Å². The molecule has 4 aromatic rings. The Morgan fingerprint density at radius 1 is 1.19 bits per heavy atom. The molecule has 0 unspecified atom stereocenters. The number of benzene rings is 2. The highest BCUT2D eigenvalue weighted by Gasteiger charge is 2.17. The van der Waals surface area contributed by atoms with Gasteiger partial charge in [-0.05, 0) is 49.2 Å². The van der Waals surface area contributed by atoms with E-state index in [0.29, 0.717) is 6.54 Å². The van der Waals surface area contributed by atoms with Gasteiger partial charge in [-0.15, -0.1) is 5.10 Å². The van der Waals surface area contributed by atoms with Crippen molar-refractivity contribution in [3.63, 3.8) is 0 Å². The standard InChI is InChI=1S/C23H20ClFN4O2/c1-14-3-5-16-11-15(4-8-19(16)26-14)12-29-13-20(27-28-29)21(30)9-6-17-18(24)7-10-22(31-2)23(17)25/h3-5,7-8,10-11,13H,6,9,12H2,1-2H3. The van der Waals surface area contributed by atoms with Gasteiger partial charge in [0.25, 0.3) is 0 Å². The van der Waals surface area contributed by atoms with Gasteiger partial charge < -0.3 is 4.74 Å². The summed E-state index contributed by atoms with van der Waals surface area (Å²) in [5.74, 6) is -0.686. The average molecular weight is 439 g/mol. The Bertz CT molecular complexity index is 1270. The summed E-state index contributed by atoms with van der Waals surface area (Å²) in [6, 6.07) is 13.0. The number of pyridine rings is 1. The quantitative estimate of drug-likeness (QED) is 0.388. The van der Waals surface area contributed by atoms with Crippen molar-refractivity contribution in [3.05, 3.63) is 82.0 Å². The zero-order valence-electron chi connectivity index (χ0n) is 17.1. The number of ether oxygens (including phenoxy) is 1. The van der Waals surface area contributed by atoms with E-state index in [4.69, 9.17) is 16.3 Å². The lowest BCUT2D eigenvalue weighted by Gasteiger charge is -2.08. The molecule has 158 valence electrons. The van der Waals surface area contributed by atoms with Gasteiger partial charge in [0.2, 0.25) is 0 Å². The number of hydrogen-bond donors (Lipinski definition) is 0. The maximum absolute atomic E-state index is 14.4. The summed E-state index contributed by atoms with van der Waals surface area (Å²) in [7, 11) is 1.38. The summed E-state index contributed by atoms with van der Waals surface area (Å²) in [6.07, 6.45) is 1.80. The maximum atomic E-state index is 14.4. The fraction of sp³-hybridized carbons (Fsp3) is 0.217. The molecular formula is C23H20ClFN4O2. The van der Waals surface area contributed by atoms with Gasteiger partial charge in [-0.1, -0.05) is 28.9 Å². The summed E-state index contributed by atoms with van der Waals surface area (Å²) >= 11 is 6.09. The van der Waals surface area contributed by atoms with Gasteiger partial charge in [-0.2, -0.15) is 0 Å². The zero-order valence-corrected chi connectivity index (χ0v) is 17.9. The van der Waals surface area contributed by atoms with E-state index in [1.807, 2.05) is 37.3 Å². The van der Waals surface area contributed by atoms with Crippen LogP contribution < -0.4 is 4.74 Å². The predicted octanol–water partition coefficient (Wildman–Crippen LogP) is 4.80. The number of aryl methyl sites for hydroxylation is 1. The van der Waals surface area contributed by atoms with Crippen molar-refractivity contribution in [2.24, 2.45) is 0 Å². The van der Waals surface area contributed by atoms with Crippen LogP contribution in [0.5, 0.6) is 5.75 Å². The molecule has 0 atom stereocenters. The van der Waals surface area contributed by atoms with Gasteiger partial charge >= 0.3 is 0 Å². The summed E-state index contributed by atoms with van der Waals surface area (Å²) in [4.78, 5) is 17.0. The molecule has 2 heterocycles. The lowest BCUT2D eigenvalue weighted by molar-refractivity contribution is 0.0977. The van der Waals surface area contributed by atoms with Crippen molar-refractivity contribution >= 4 is 28.3 Å². The Morgan fingerprint density at radius 3 is 2.84 bits per heavy atom. The maximum Gasteiger partial charge on any atom is 0.185 e. The van der Waals surface area contributed by atoms with Crippen molar-refractivity contribution in [1.29, 1.82) is 0 Å². The van der Waals surface area contributed by atoms with Crippen LogP contribution in [0.1, 0.15) is 33.7 Å². The normalized spacial score (nSPS) is 11.1. The van der Waals surface area contributed by atoms with Crippen LogP contribution in [0.4, 0.5) is 4.39 Å². The molecule has 8 heteroatoms. The molecule has 0 aliphatic heterocycles. The van der Waals surface area contributed by atoms with E-state index < -0.39 is 5.82 Å². The third-order valence-corrected chi connectivity index (χ3v) is 5.39. The molecule has 0 saturated heterocycles. The minimum absolute atomic E-state index is 0.0590. The molecule has 0 amide bonds. The Kier molecular flexibility index (Phi) is 5.95. The number of aromatic nitrogens is 4. The van der Waals surface area contributed by atoms with Crippen LogP contribution in [0, 0.1) is 12.7 Å². The van der Waals surface area contributed by atoms with Gasteiger partial charge in [0.05, 0.1) is 25.4 Å². The lowest BCUT2D eigenvalue weighted by Crippen LogP contribution is -2.04. The first kappa shape index (κ1) is 20.9. The summed E-state index contributed by atoms with van der Waals surface area (Å²) < 4.78 is 21.0. The van der Waals surface area contributed by atoms with Crippen molar-refractivity contribution < 1.29 is 13.9 Å². The number of halogens is 2. The fourth-order valence-corrected chi connectivity index (χ4v) is 3.64. The summed E-state index contributed by atoms with van der Waals surface area (Å²) in [5.41, 5.74) is 3.41. The highest BCUT2D eigenvalue weighted by molar-refractivity contribution is 6.31. The molecule has 4 rings (SSSR count). The Morgan fingerprint density at radius 2 is 2.03 bits per heavy atom. The number of carbonyl (C=O) groups excluding carboxylic acids is 1. The third kappa shape index (κ3) is 4.56. The number of nitrogens with zero attached hydrogens (tertiary/aromatic N) is 4. The van der Waals surface area contributed by atoms with Crippen LogP contribution in [0.2, 0.25) is 5.02 Å². The lowest BCUT2D eigenvalue weighted by atomic mass is 10.1. The predicted molar refractivity (Wildman–Crippen MR) is 116 cm³/mol. The molecule has 0 spiro atoms. The first-order chi connectivity index (χ1) is 14.9. The van der Waals surface area contributed by atoms with E-state index in [2.05, 4.69) is 15.3 Å². The van der Waals surface area contributed by atoms with Crippen LogP contribution in [-0.4, -0.2) is 32.9 Å². The molecule has 0 fully saturated rings. The third-order valence-electron chi connectivity index (χ3n) is 5.03. The van der Waals surface area contributed by atoms with Gasteiger partial charge in [-0.3, -0.25) is 9.78 Å². The number of fused-ring (bicyclic) bond motifs is 1. The number of methoxy groups -OCH3 is 1. The number of rotatable bonds is 7. The first-order valence-corrected chi connectivity index (χ1v) is 10.1. The van der Waals surface area contributed by atoms with Crippen LogP contribution in [0.25, 0.3) is 10.9 Å².